The van der Waals surface area contributed by atoms with E-state index in [1.165, 1.54) is 6.92 Å². The summed E-state index contributed by atoms with van der Waals surface area (Å²) in [5, 5.41) is 2.07. The number of aryl methyl sites for hydroxylation is 1. The minimum absolute atomic E-state index is 0.0743. The van der Waals surface area contributed by atoms with Crippen LogP contribution in [0.3, 0.4) is 0 Å². The first kappa shape index (κ1) is 8.45. The topological polar surface area (TPSA) is 72.2 Å². The van der Waals surface area contributed by atoms with Gasteiger partial charge in [-0.1, -0.05) is 0 Å². The summed E-state index contributed by atoms with van der Waals surface area (Å²) >= 11 is 0. The van der Waals surface area contributed by atoms with Crippen molar-refractivity contribution in [3.8, 4) is 0 Å². The van der Waals surface area contributed by atoms with Gasteiger partial charge in [0.05, 0.1) is 5.69 Å². The lowest BCUT2D eigenvalue weighted by molar-refractivity contribution is -0.118. The minimum Gasteiger partial charge on any atom is -0.438 e. The zero-order valence-corrected chi connectivity index (χ0v) is 6.75. The van der Waals surface area contributed by atoms with Gasteiger partial charge in [0, 0.05) is 6.92 Å². The molecule has 12 heavy (non-hydrogen) atoms. The standard InChI is InChI=1S/C7H8N2O3/c1-4-6(12-3-8-4)7(11)9-5(2)10/h3H,1-2H3,(H,9,10,11). The Morgan fingerprint density at radius 1 is 1.58 bits per heavy atom. The summed E-state index contributed by atoms with van der Waals surface area (Å²) in [4.78, 5) is 25.2. The summed E-state index contributed by atoms with van der Waals surface area (Å²) < 4.78 is 4.75. The number of amides is 2. The van der Waals surface area contributed by atoms with Gasteiger partial charge < -0.3 is 4.42 Å². The summed E-state index contributed by atoms with van der Waals surface area (Å²) in [7, 11) is 0. The highest BCUT2D eigenvalue weighted by atomic mass is 16.3. The number of carbonyl (C=O) groups is 2. The van der Waals surface area contributed by atoms with Gasteiger partial charge in [-0.25, -0.2) is 4.98 Å². The SMILES string of the molecule is CC(=O)NC(=O)c1ocnc1C. The molecule has 0 radical (unpaired) electrons. The van der Waals surface area contributed by atoms with Gasteiger partial charge in [0.15, 0.2) is 6.39 Å². The van der Waals surface area contributed by atoms with Gasteiger partial charge in [0.2, 0.25) is 11.7 Å². The van der Waals surface area contributed by atoms with Crippen LogP contribution in [0.5, 0.6) is 0 Å². The third-order valence-corrected chi connectivity index (χ3v) is 1.24. The van der Waals surface area contributed by atoms with Crippen molar-refractivity contribution >= 4 is 11.8 Å². The minimum atomic E-state index is -0.558. The molecule has 0 aliphatic carbocycles. The van der Waals surface area contributed by atoms with Crippen molar-refractivity contribution < 1.29 is 14.0 Å². The quantitative estimate of drug-likeness (QED) is 0.652. The van der Waals surface area contributed by atoms with E-state index >= 15 is 0 Å². The molecular weight excluding hydrogens is 160 g/mol. The second kappa shape index (κ2) is 3.17. The highest BCUT2D eigenvalue weighted by Crippen LogP contribution is 2.03. The second-order valence-corrected chi connectivity index (χ2v) is 2.28. The van der Waals surface area contributed by atoms with Crippen LogP contribution in [0.2, 0.25) is 0 Å². The zero-order valence-electron chi connectivity index (χ0n) is 6.75. The monoisotopic (exact) mass is 168 g/mol. The van der Waals surface area contributed by atoms with Crippen LogP contribution in [-0.4, -0.2) is 16.8 Å². The average molecular weight is 168 g/mol. The van der Waals surface area contributed by atoms with Crippen molar-refractivity contribution in [3.63, 3.8) is 0 Å². The fourth-order valence-corrected chi connectivity index (χ4v) is 0.736. The van der Waals surface area contributed by atoms with Gasteiger partial charge in [0.25, 0.3) is 5.91 Å². The molecule has 0 aliphatic rings. The van der Waals surface area contributed by atoms with Crippen LogP contribution in [0, 0.1) is 6.92 Å². The first-order valence-corrected chi connectivity index (χ1v) is 3.33. The van der Waals surface area contributed by atoms with Crippen molar-refractivity contribution in [1.29, 1.82) is 0 Å². The Balaban J connectivity index is 2.78. The van der Waals surface area contributed by atoms with E-state index in [1.807, 2.05) is 0 Å². The predicted molar refractivity (Wildman–Crippen MR) is 39.4 cm³/mol. The summed E-state index contributed by atoms with van der Waals surface area (Å²) in [6.07, 6.45) is 1.16. The Hall–Kier alpha value is -1.65. The molecule has 1 rings (SSSR count). The van der Waals surface area contributed by atoms with E-state index in [9.17, 15) is 9.59 Å². The Bertz CT molecular complexity index is 316. The number of hydrogen-bond donors (Lipinski definition) is 1. The van der Waals surface area contributed by atoms with E-state index in [0.717, 1.165) is 6.39 Å². The predicted octanol–water partition coefficient (Wildman–Crippen LogP) is 0.259. The number of aromatic nitrogens is 1. The molecule has 64 valence electrons. The maximum absolute atomic E-state index is 11.1. The number of imide groups is 1. The second-order valence-electron chi connectivity index (χ2n) is 2.28. The molecule has 5 nitrogen and oxygen atoms in total. The molecule has 1 aromatic heterocycles. The van der Waals surface area contributed by atoms with Crippen LogP contribution in [-0.2, 0) is 4.79 Å². The summed E-state index contributed by atoms with van der Waals surface area (Å²) in [6, 6.07) is 0. The molecule has 0 fully saturated rings. The van der Waals surface area contributed by atoms with Gasteiger partial charge >= 0.3 is 0 Å². The fraction of sp³-hybridized carbons (Fsp3) is 0.286. The molecule has 0 unspecified atom stereocenters. The van der Waals surface area contributed by atoms with Crippen molar-refractivity contribution in [1.82, 2.24) is 10.3 Å². The number of oxazole rings is 1. The molecule has 2 amide bonds. The summed E-state index contributed by atoms with van der Waals surface area (Å²) in [5.41, 5.74) is 0.466. The van der Waals surface area contributed by atoms with Gasteiger partial charge in [0.1, 0.15) is 0 Å². The lowest BCUT2D eigenvalue weighted by Gasteiger charge is -1.95. The number of rotatable bonds is 1. The van der Waals surface area contributed by atoms with Gasteiger partial charge in [-0.05, 0) is 6.92 Å². The number of nitrogens with one attached hydrogen (secondary N) is 1. The number of nitrogens with zero attached hydrogens (tertiary/aromatic N) is 1. The average Bonchev–Trinajstić information content (AvgIpc) is 2.33. The first-order valence-electron chi connectivity index (χ1n) is 3.33. The van der Waals surface area contributed by atoms with E-state index < -0.39 is 11.8 Å². The first-order chi connectivity index (χ1) is 5.61. The molecule has 0 aromatic carbocycles. The maximum Gasteiger partial charge on any atom is 0.295 e. The lowest BCUT2D eigenvalue weighted by Crippen LogP contribution is -2.28. The molecule has 0 spiro atoms. The Kier molecular flexibility index (Phi) is 2.23. The summed E-state index contributed by atoms with van der Waals surface area (Å²) in [6.45, 7) is 2.88. The largest absolute Gasteiger partial charge is 0.438 e. The third-order valence-electron chi connectivity index (χ3n) is 1.24. The van der Waals surface area contributed by atoms with E-state index in [0.29, 0.717) is 5.69 Å². The van der Waals surface area contributed by atoms with Crippen molar-refractivity contribution in [2.45, 2.75) is 13.8 Å². The third kappa shape index (κ3) is 1.69. The maximum atomic E-state index is 11.1. The molecule has 1 aromatic rings. The molecular formula is C7H8N2O3. The Labute approximate surface area is 68.8 Å². The number of carbonyl (C=O) groups excluding carboxylic acids is 2. The smallest absolute Gasteiger partial charge is 0.295 e. The van der Waals surface area contributed by atoms with E-state index in [1.54, 1.807) is 6.92 Å². The molecule has 0 saturated carbocycles. The Morgan fingerprint density at radius 2 is 2.25 bits per heavy atom. The fourth-order valence-electron chi connectivity index (χ4n) is 0.736. The van der Waals surface area contributed by atoms with E-state index in [2.05, 4.69) is 10.3 Å². The molecule has 5 heteroatoms. The Morgan fingerprint density at radius 3 is 2.67 bits per heavy atom. The molecule has 0 aliphatic heterocycles. The van der Waals surface area contributed by atoms with Crippen LogP contribution in [0.4, 0.5) is 0 Å². The van der Waals surface area contributed by atoms with E-state index in [4.69, 9.17) is 4.42 Å². The number of hydrogen-bond acceptors (Lipinski definition) is 4. The van der Waals surface area contributed by atoms with Crippen LogP contribution >= 0.6 is 0 Å². The normalized spacial score (nSPS) is 9.50. The van der Waals surface area contributed by atoms with Crippen LogP contribution in [0.25, 0.3) is 0 Å². The van der Waals surface area contributed by atoms with Crippen molar-refractivity contribution in [3.05, 3.63) is 17.8 Å². The van der Waals surface area contributed by atoms with E-state index in [-0.39, 0.29) is 5.76 Å². The van der Waals surface area contributed by atoms with Crippen molar-refractivity contribution in [2.24, 2.45) is 0 Å². The van der Waals surface area contributed by atoms with Gasteiger partial charge in [-0.15, -0.1) is 0 Å². The molecule has 0 atom stereocenters. The van der Waals surface area contributed by atoms with Crippen LogP contribution < -0.4 is 5.32 Å². The van der Waals surface area contributed by atoms with Crippen LogP contribution in [0.15, 0.2) is 10.8 Å². The van der Waals surface area contributed by atoms with Gasteiger partial charge in [-0.2, -0.15) is 0 Å². The lowest BCUT2D eigenvalue weighted by atomic mass is 10.3. The van der Waals surface area contributed by atoms with Crippen LogP contribution in [0.1, 0.15) is 23.2 Å². The van der Waals surface area contributed by atoms with Crippen molar-refractivity contribution in [2.75, 3.05) is 0 Å². The molecule has 0 saturated heterocycles. The highest BCUT2D eigenvalue weighted by Gasteiger charge is 2.14. The summed E-state index contributed by atoms with van der Waals surface area (Å²) in [5.74, 6) is -0.904. The van der Waals surface area contributed by atoms with Gasteiger partial charge in [-0.3, -0.25) is 14.9 Å². The molecule has 1 heterocycles. The zero-order chi connectivity index (χ0) is 9.14. The molecule has 1 N–H and O–H groups in total. The molecule has 0 bridgehead atoms. The highest BCUT2D eigenvalue weighted by molar-refractivity contribution is 6.02.